The van der Waals surface area contributed by atoms with E-state index < -0.39 is 59.9 Å². The van der Waals surface area contributed by atoms with Crippen LogP contribution in [0.25, 0.3) is 0 Å². The van der Waals surface area contributed by atoms with E-state index in [1.165, 1.54) is 7.05 Å². The summed E-state index contributed by atoms with van der Waals surface area (Å²) >= 11 is 2.18. The molecule has 5 amide bonds. The van der Waals surface area contributed by atoms with Gasteiger partial charge in [0.2, 0.25) is 0 Å². The van der Waals surface area contributed by atoms with E-state index in [2.05, 4.69) is 10.1 Å². The number of carbonyl (C=O) groups excluding carboxylic acids is 6. The minimum atomic E-state index is -0.961. The number of thioether (sulfide) groups is 2. The smallest absolute Gasteiger partial charge is 0.344 e. The van der Waals surface area contributed by atoms with Crippen LogP contribution < -0.4 is 14.8 Å². The lowest BCUT2D eigenvalue weighted by Gasteiger charge is -2.14. The van der Waals surface area contributed by atoms with Crippen molar-refractivity contribution in [1.29, 1.82) is 0 Å². The first kappa shape index (κ1) is 42.3. The van der Waals surface area contributed by atoms with Crippen LogP contribution in [0, 0.1) is 23.3 Å². The van der Waals surface area contributed by atoms with Crippen LogP contribution in [0.2, 0.25) is 0 Å². The van der Waals surface area contributed by atoms with Crippen LogP contribution in [0.15, 0.2) is 82.6 Å². The molecule has 2 aliphatic rings. The van der Waals surface area contributed by atoms with Crippen molar-refractivity contribution in [3.05, 3.63) is 118 Å². The zero-order valence-electron chi connectivity index (χ0n) is 30.3. The molecule has 2 heterocycles. The fraction of sp³-hybridized carbons (Fsp3) is 0.231. The van der Waals surface area contributed by atoms with Crippen LogP contribution >= 0.6 is 23.5 Å². The van der Waals surface area contributed by atoms with Gasteiger partial charge in [-0.25, -0.2) is 22.4 Å². The molecule has 0 saturated carbocycles. The number of hydrogen-bond acceptors (Lipinski definition) is 11. The molecule has 0 aliphatic carbocycles. The molecule has 0 atom stereocenters. The molecule has 4 aromatic rings. The molecule has 0 saturated heterocycles. The second-order valence-corrected chi connectivity index (χ2v) is 14.1. The molecule has 1 N–H and O–H groups in total. The fourth-order valence-electron chi connectivity index (χ4n) is 5.45. The van der Waals surface area contributed by atoms with Crippen molar-refractivity contribution in [2.75, 3.05) is 51.5 Å². The summed E-state index contributed by atoms with van der Waals surface area (Å²) in [5.41, 5.74) is 1.41. The van der Waals surface area contributed by atoms with Crippen molar-refractivity contribution in [2.45, 2.75) is 16.7 Å². The van der Waals surface area contributed by atoms with Gasteiger partial charge in [0, 0.05) is 41.4 Å². The summed E-state index contributed by atoms with van der Waals surface area (Å²) in [6.07, 6.45) is 0. The second-order valence-electron chi connectivity index (χ2n) is 11.8. The average molecular weight is 828 g/mol. The van der Waals surface area contributed by atoms with E-state index in [1.54, 1.807) is 55.5 Å². The summed E-state index contributed by atoms with van der Waals surface area (Å²) in [5.74, 6) is -7.34. The highest BCUT2D eigenvalue weighted by Gasteiger charge is 2.35. The average Bonchev–Trinajstić information content (AvgIpc) is 3.57. The first-order valence-corrected chi connectivity index (χ1v) is 19.1. The van der Waals surface area contributed by atoms with E-state index >= 15 is 0 Å². The lowest BCUT2D eigenvalue weighted by molar-refractivity contribution is -0.145. The van der Waals surface area contributed by atoms with E-state index in [9.17, 15) is 46.3 Å². The molecule has 4 aromatic carbocycles. The number of benzene rings is 4. The summed E-state index contributed by atoms with van der Waals surface area (Å²) < 4.78 is 70.7. The normalized spacial score (nSPS) is 12.9. The Morgan fingerprint density at radius 2 is 0.965 bits per heavy atom. The molecular weight excluding hydrogens is 795 g/mol. The number of amides is 5. The molecule has 57 heavy (non-hydrogen) atoms. The molecule has 0 spiro atoms. The number of hydrogen-bond donors (Lipinski definition) is 1. The van der Waals surface area contributed by atoms with Gasteiger partial charge in [0.15, 0.2) is 48.0 Å². The number of ether oxygens (including phenoxy) is 3. The van der Waals surface area contributed by atoms with Gasteiger partial charge in [0.05, 0.1) is 28.9 Å². The Kier molecular flexibility index (Phi) is 14.3. The predicted octanol–water partition coefficient (Wildman–Crippen LogP) is 5.77. The molecule has 0 bridgehead atoms. The molecule has 0 fully saturated rings. The Hall–Kier alpha value is -5.88. The number of imide groups is 2. The van der Waals surface area contributed by atoms with Gasteiger partial charge in [-0.2, -0.15) is 0 Å². The number of carbonyl (C=O) groups is 6. The Morgan fingerprint density at radius 3 is 1.30 bits per heavy atom. The lowest BCUT2D eigenvalue weighted by atomic mass is 10.1. The van der Waals surface area contributed by atoms with E-state index in [-0.39, 0.29) is 64.6 Å². The molecule has 0 aromatic heterocycles. The number of nitrogens with zero attached hydrogens (tertiary/aromatic N) is 2. The number of rotatable bonds is 15. The Bertz CT molecular complexity index is 2110. The van der Waals surface area contributed by atoms with Crippen LogP contribution in [-0.4, -0.2) is 96.8 Å². The maximum Gasteiger partial charge on any atom is 0.344 e. The molecule has 6 rings (SSSR count). The van der Waals surface area contributed by atoms with E-state index in [0.29, 0.717) is 22.3 Å². The highest BCUT2D eigenvalue weighted by atomic mass is 32.2. The van der Waals surface area contributed by atoms with Crippen LogP contribution in [0.4, 0.5) is 17.6 Å². The molecule has 12 nitrogen and oxygen atoms in total. The van der Waals surface area contributed by atoms with E-state index in [4.69, 9.17) is 9.47 Å². The summed E-state index contributed by atoms with van der Waals surface area (Å²) in [6.45, 7) is 0.837. The quantitative estimate of drug-likeness (QED) is 0.0674. The molecule has 0 radical (unpaired) electrons. The minimum Gasteiger partial charge on any atom is -0.478 e. The Morgan fingerprint density at radius 1 is 0.614 bits per heavy atom. The van der Waals surface area contributed by atoms with Crippen LogP contribution in [0.1, 0.15) is 48.4 Å². The van der Waals surface area contributed by atoms with Crippen molar-refractivity contribution in [3.8, 4) is 11.5 Å². The Balaban J connectivity index is 0.000000218. The van der Waals surface area contributed by atoms with Crippen LogP contribution in [0.5, 0.6) is 11.5 Å². The number of likely N-dealkylation sites (N-methyl/N-ethyl adjacent to an activating group) is 1. The number of halogens is 4. The SMILES string of the molecule is CCOC(=O)COc1c(F)cc(SCCN2C(=O)c3ccccc3C2=O)cc1F.CNC(=O)COc1c(F)cc(SCCN2C(=O)c3ccccc3C2=O)cc1F. The highest BCUT2D eigenvalue weighted by Crippen LogP contribution is 2.31. The van der Waals surface area contributed by atoms with Crippen molar-refractivity contribution in [2.24, 2.45) is 0 Å². The first-order valence-electron chi connectivity index (χ1n) is 17.1. The van der Waals surface area contributed by atoms with E-state index in [0.717, 1.165) is 57.6 Å². The summed E-state index contributed by atoms with van der Waals surface area (Å²) in [7, 11) is 1.38. The maximum absolute atomic E-state index is 14.1. The summed E-state index contributed by atoms with van der Waals surface area (Å²) in [5, 5.41) is 2.28. The van der Waals surface area contributed by atoms with Crippen LogP contribution in [0.3, 0.4) is 0 Å². The lowest BCUT2D eigenvalue weighted by Crippen LogP contribution is -2.31. The standard InChI is InChI=1S/C20H17F2NO5S.C19H16F2N2O4S/c1-2-27-17(24)11-28-18-15(21)9-12(10-16(18)22)29-8-7-23-19(25)13-5-3-4-6-14(13)20(23)26;1-22-16(24)10-27-17-14(20)8-11(9-15(17)21)28-7-6-23-18(25)12-4-2-3-5-13(12)19(23)26/h3-6,9-10H,2,7-8,11H2,1H3;2-5,8-9H,6-7,10H2,1H3,(H,22,24). The highest BCUT2D eigenvalue weighted by molar-refractivity contribution is 7.99. The van der Waals surface area contributed by atoms with Gasteiger partial charge >= 0.3 is 5.97 Å². The van der Waals surface area contributed by atoms with Gasteiger partial charge in [-0.05, 0) is 55.5 Å². The van der Waals surface area contributed by atoms with Gasteiger partial charge in [0.1, 0.15) is 0 Å². The van der Waals surface area contributed by atoms with Gasteiger partial charge in [0.25, 0.3) is 29.5 Å². The van der Waals surface area contributed by atoms with Gasteiger partial charge < -0.3 is 19.5 Å². The van der Waals surface area contributed by atoms with Crippen molar-refractivity contribution < 1.29 is 60.5 Å². The predicted molar refractivity (Wildman–Crippen MR) is 199 cm³/mol. The molecule has 18 heteroatoms. The van der Waals surface area contributed by atoms with Gasteiger partial charge in [-0.1, -0.05) is 24.3 Å². The largest absolute Gasteiger partial charge is 0.478 e. The zero-order chi connectivity index (χ0) is 41.2. The molecular formula is C39H33F4N3O9S2. The third-order valence-electron chi connectivity index (χ3n) is 8.13. The first-order chi connectivity index (χ1) is 27.3. The monoisotopic (exact) mass is 827 g/mol. The molecule has 2 aliphatic heterocycles. The topological polar surface area (TPSA) is 149 Å². The van der Waals surface area contributed by atoms with Crippen molar-refractivity contribution in [1.82, 2.24) is 15.1 Å². The van der Waals surface area contributed by atoms with E-state index in [1.807, 2.05) is 0 Å². The summed E-state index contributed by atoms with van der Waals surface area (Å²) in [6, 6.07) is 17.4. The van der Waals surface area contributed by atoms with Gasteiger partial charge in [-0.15, -0.1) is 23.5 Å². The minimum absolute atomic E-state index is 0.0986. The van der Waals surface area contributed by atoms with Gasteiger partial charge in [-0.3, -0.25) is 33.8 Å². The molecule has 298 valence electrons. The Labute approximate surface area is 331 Å². The van der Waals surface area contributed by atoms with Crippen molar-refractivity contribution in [3.63, 3.8) is 0 Å². The van der Waals surface area contributed by atoms with Crippen molar-refractivity contribution >= 4 is 59.0 Å². The van der Waals surface area contributed by atoms with Crippen LogP contribution in [-0.2, 0) is 14.3 Å². The fourth-order valence-corrected chi connectivity index (χ4v) is 7.22. The maximum atomic E-state index is 14.1. The number of fused-ring (bicyclic) bond motifs is 2. The third kappa shape index (κ3) is 10.1. The summed E-state index contributed by atoms with van der Waals surface area (Å²) in [4.78, 5) is 74.3. The number of nitrogens with one attached hydrogen (secondary N) is 1. The second kappa shape index (κ2) is 19.3. The number of esters is 1. The zero-order valence-corrected chi connectivity index (χ0v) is 31.9. The third-order valence-corrected chi connectivity index (χ3v) is 10.0. The molecule has 0 unspecified atom stereocenters.